The van der Waals surface area contributed by atoms with Crippen molar-refractivity contribution in [3.8, 4) is 5.75 Å². The van der Waals surface area contributed by atoms with Crippen LogP contribution >= 0.6 is 0 Å². The van der Waals surface area contributed by atoms with Gasteiger partial charge in [-0.1, -0.05) is 12.7 Å². The molecule has 2 aliphatic rings. The third-order valence-electron chi connectivity index (χ3n) is 5.37. The number of hydrogen-bond donors (Lipinski definition) is 0. The van der Waals surface area contributed by atoms with Crippen LogP contribution in [0.1, 0.15) is 36.5 Å². The summed E-state index contributed by atoms with van der Waals surface area (Å²) < 4.78 is 5.45. The van der Waals surface area contributed by atoms with E-state index in [9.17, 15) is 9.59 Å². The SMILES string of the molecule is C=CCOc1ccc(C(=O)N2CCC3(CC2)CC(=O)N(CC)C3)cc1. The summed E-state index contributed by atoms with van der Waals surface area (Å²) in [4.78, 5) is 28.6. The number of carbonyl (C=O) groups is 2. The quantitative estimate of drug-likeness (QED) is 0.773. The zero-order valence-corrected chi connectivity index (χ0v) is 14.9. The number of rotatable bonds is 5. The van der Waals surface area contributed by atoms with Crippen LogP contribution in [0.5, 0.6) is 5.75 Å². The van der Waals surface area contributed by atoms with Gasteiger partial charge in [-0.05, 0) is 44.0 Å². The fraction of sp³-hybridized carbons (Fsp3) is 0.500. The molecule has 2 amide bonds. The van der Waals surface area contributed by atoms with Gasteiger partial charge in [-0.15, -0.1) is 0 Å². The molecule has 5 nitrogen and oxygen atoms in total. The van der Waals surface area contributed by atoms with Crippen molar-refractivity contribution in [3.63, 3.8) is 0 Å². The molecule has 0 aliphatic carbocycles. The monoisotopic (exact) mass is 342 g/mol. The van der Waals surface area contributed by atoms with Gasteiger partial charge in [0.1, 0.15) is 12.4 Å². The van der Waals surface area contributed by atoms with Crippen LogP contribution in [-0.4, -0.2) is 54.4 Å². The second-order valence-electron chi connectivity index (χ2n) is 7.00. The Kier molecular flexibility index (Phi) is 5.11. The van der Waals surface area contributed by atoms with Crippen LogP contribution in [0.25, 0.3) is 0 Å². The van der Waals surface area contributed by atoms with Gasteiger partial charge in [-0.3, -0.25) is 9.59 Å². The highest BCUT2D eigenvalue weighted by molar-refractivity contribution is 5.94. The number of piperidine rings is 1. The topological polar surface area (TPSA) is 49.9 Å². The van der Waals surface area contributed by atoms with E-state index < -0.39 is 0 Å². The fourth-order valence-electron chi connectivity index (χ4n) is 3.82. The summed E-state index contributed by atoms with van der Waals surface area (Å²) in [7, 11) is 0. The van der Waals surface area contributed by atoms with Crippen LogP contribution in [0.2, 0.25) is 0 Å². The minimum atomic E-state index is 0.0572. The number of amides is 2. The molecule has 0 aromatic heterocycles. The second kappa shape index (κ2) is 7.30. The van der Waals surface area contributed by atoms with Gasteiger partial charge in [-0.2, -0.15) is 0 Å². The number of likely N-dealkylation sites (tertiary alicyclic amines) is 2. The molecule has 0 atom stereocenters. The Labute approximate surface area is 149 Å². The highest BCUT2D eigenvalue weighted by atomic mass is 16.5. The zero-order chi connectivity index (χ0) is 17.9. The standard InChI is InChI=1S/C20H26N2O3/c1-3-13-25-17-7-5-16(6-8-17)19(24)22-11-9-20(10-12-22)14-18(23)21(4-2)15-20/h3,5-8H,1,4,9-15H2,2H3. The van der Waals surface area contributed by atoms with E-state index in [-0.39, 0.29) is 17.2 Å². The molecule has 1 aromatic carbocycles. The van der Waals surface area contributed by atoms with Gasteiger partial charge in [0.25, 0.3) is 5.91 Å². The predicted molar refractivity (Wildman–Crippen MR) is 96.6 cm³/mol. The average molecular weight is 342 g/mol. The van der Waals surface area contributed by atoms with E-state index in [1.807, 2.05) is 41.0 Å². The van der Waals surface area contributed by atoms with Gasteiger partial charge in [-0.25, -0.2) is 0 Å². The Morgan fingerprint density at radius 1 is 1.28 bits per heavy atom. The molecule has 0 bridgehead atoms. The van der Waals surface area contributed by atoms with Gasteiger partial charge in [0, 0.05) is 43.6 Å². The lowest BCUT2D eigenvalue weighted by molar-refractivity contribution is -0.127. The van der Waals surface area contributed by atoms with Gasteiger partial charge in [0.15, 0.2) is 0 Å². The minimum Gasteiger partial charge on any atom is -0.490 e. The Bertz CT molecular complexity index is 645. The molecule has 3 rings (SSSR count). The number of hydrogen-bond acceptors (Lipinski definition) is 3. The largest absolute Gasteiger partial charge is 0.490 e. The van der Waals surface area contributed by atoms with Crippen LogP contribution < -0.4 is 4.74 Å². The molecule has 2 heterocycles. The van der Waals surface area contributed by atoms with Crippen molar-refractivity contribution in [2.24, 2.45) is 5.41 Å². The fourth-order valence-corrected chi connectivity index (χ4v) is 3.82. The van der Waals surface area contributed by atoms with Crippen molar-refractivity contribution in [1.82, 2.24) is 9.80 Å². The van der Waals surface area contributed by atoms with E-state index in [1.165, 1.54) is 0 Å². The number of nitrogens with zero attached hydrogens (tertiary/aromatic N) is 2. The molecule has 1 spiro atoms. The molecule has 0 radical (unpaired) electrons. The highest BCUT2D eigenvalue weighted by Gasteiger charge is 2.44. The minimum absolute atomic E-state index is 0.0572. The van der Waals surface area contributed by atoms with Crippen molar-refractivity contribution < 1.29 is 14.3 Å². The number of benzene rings is 1. The first-order chi connectivity index (χ1) is 12.1. The molecule has 25 heavy (non-hydrogen) atoms. The van der Waals surface area contributed by atoms with Crippen LogP contribution in [0.3, 0.4) is 0 Å². The van der Waals surface area contributed by atoms with Crippen molar-refractivity contribution in [2.75, 3.05) is 32.8 Å². The van der Waals surface area contributed by atoms with Gasteiger partial charge < -0.3 is 14.5 Å². The molecule has 2 saturated heterocycles. The molecule has 1 aromatic rings. The van der Waals surface area contributed by atoms with Crippen LogP contribution in [0.15, 0.2) is 36.9 Å². The maximum absolute atomic E-state index is 12.7. The van der Waals surface area contributed by atoms with Crippen LogP contribution in [0, 0.1) is 5.41 Å². The van der Waals surface area contributed by atoms with Gasteiger partial charge >= 0.3 is 0 Å². The number of ether oxygens (including phenoxy) is 1. The van der Waals surface area contributed by atoms with E-state index in [1.54, 1.807) is 6.08 Å². The van der Waals surface area contributed by atoms with Crippen LogP contribution in [-0.2, 0) is 4.79 Å². The molecular weight excluding hydrogens is 316 g/mol. The normalized spacial score (nSPS) is 19.3. The van der Waals surface area contributed by atoms with Gasteiger partial charge in [0.05, 0.1) is 0 Å². The molecule has 5 heteroatoms. The highest BCUT2D eigenvalue weighted by Crippen LogP contribution is 2.41. The molecule has 2 fully saturated rings. The molecule has 2 aliphatic heterocycles. The second-order valence-corrected chi connectivity index (χ2v) is 7.00. The maximum Gasteiger partial charge on any atom is 0.253 e. The Balaban J connectivity index is 1.58. The van der Waals surface area contributed by atoms with Crippen LogP contribution in [0.4, 0.5) is 0 Å². The first kappa shape index (κ1) is 17.5. The lowest BCUT2D eigenvalue weighted by Crippen LogP contribution is -2.44. The van der Waals surface area contributed by atoms with E-state index in [0.29, 0.717) is 18.6 Å². The van der Waals surface area contributed by atoms with Gasteiger partial charge in [0.2, 0.25) is 5.91 Å². The number of carbonyl (C=O) groups excluding carboxylic acids is 2. The van der Waals surface area contributed by atoms with Crippen molar-refractivity contribution >= 4 is 11.8 Å². The van der Waals surface area contributed by atoms with Crippen molar-refractivity contribution in [2.45, 2.75) is 26.2 Å². The lowest BCUT2D eigenvalue weighted by atomic mass is 9.77. The molecular formula is C20H26N2O3. The molecule has 0 unspecified atom stereocenters. The maximum atomic E-state index is 12.7. The van der Waals surface area contributed by atoms with E-state index in [0.717, 1.165) is 44.8 Å². The summed E-state index contributed by atoms with van der Waals surface area (Å²) in [5, 5.41) is 0. The average Bonchev–Trinajstić information content (AvgIpc) is 2.95. The third kappa shape index (κ3) is 3.70. The Morgan fingerprint density at radius 3 is 2.52 bits per heavy atom. The molecule has 0 N–H and O–H groups in total. The summed E-state index contributed by atoms with van der Waals surface area (Å²) >= 11 is 0. The summed E-state index contributed by atoms with van der Waals surface area (Å²) in [5.41, 5.74) is 0.756. The summed E-state index contributed by atoms with van der Waals surface area (Å²) in [6, 6.07) is 7.25. The first-order valence-electron chi connectivity index (χ1n) is 8.98. The molecule has 0 saturated carbocycles. The third-order valence-corrected chi connectivity index (χ3v) is 5.37. The van der Waals surface area contributed by atoms with Crippen molar-refractivity contribution in [3.05, 3.63) is 42.5 Å². The predicted octanol–water partition coefficient (Wildman–Crippen LogP) is 2.73. The van der Waals surface area contributed by atoms with E-state index in [2.05, 4.69) is 6.58 Å². The Hall–Kier alpha value is -2.30. The van der Waals surface area contributed by atoms with E-state index >= 15 is 0 Å². The van der Waals surface area contributed by atoms with E-state index in [4.69, 9.17) is 4.74 Å². The zero-order valence-electron chi connectivity index (χ0n) is 14.9. The molecule has 134 valence electrons. The first-order valence-corrected chi connectivity index (χ1v) is 8.98. The lowest BCUT2D eigenvalue weighted by Gasteiger charge is -2.38. The summed E-state index contributed by atoms with van der Waals surface area (Å²) in [6.45, 7) is 9.17. The summed E-state index contributed by atoms with van der Waals surface area (Å²) in [6.07, 6.45) is 4.14. The summed E-state index contributed by atoms with van der Waals surface area (Å²) in [5.74, 6) is 1.05. The smallest absolute Gasteiger partial charge is 0.253 e. The van der Waals surface area contributed by atoms with Crippen molar-refractivity contribution in [1.29, 1.82) is 0 Å². The Morgan fingerprint density at radius 2 is 1.96 bits per heavy atom.